The molecule has 5 nitrogen and oxygen atoms in total. The molecular weight excluding hydrogens is 344 g/mol. The number of hydrogen-bond acceptors (Lipinski definition) is 5. The molecule has 0 saturated carbocycles. The van der Waals surface area contributed by atoms with Gasteiger partial charge >= 0.3 is 11.9 Å². The van der Waals surface area contributed by atoms with E-state index in [1.54, 1.807) is 0 Å². The lowest BCUT2D eigenvalue weighted by Crippen LogP contribution is -2.37. The number of ether oxygens (including phenoxy) is 3. The first-order valence-electron chi connectivity index (χ1n) is 9.78. The number of carbonyl (C=O) groups excluding carboxylic acids is 2. The van der Waals surface area contributed by atoms with Crippen LogP contribution < -0.4 is 0 Å². The summed E-state index contributed by atoms with van der Waals surface area (Å²) in [5.74, 6) is -0.917. The zero-order valence-electron chi connectivity index (χ0n) is 16.7. The zero-order valence-corrected chi connectivity index (χ0v) is 16.7. The second kappa shape index (κ2) is 7.63. The fraction of sp³-hybridized carbons (Fsp3) is 0.636. The number of hydrogen-bond donors (Lipinski definition) is 0. The topological polar surface area (TPSA) is 65.1 Å². The Morgan fingerprint density at radius 3 is 2.74 bits per heavy atom. The van der Waals surface area contributed by atoms with Crippen LogP contribution in [0.15, 0.2) is 35.5 Å². The van der Waals surface area contributed by atoms with E-state index in [0.29, 0.717) is 12.0 Å². The maximum Gasteiger partial charge on any atom is 0.334 e. The second-order valence-corrected chi connectivity index (χ2v) is 8.27. The summed E-state index contributed by atoms with van der Waals surface area (Å²) in [6.45, 7) is 11.5. The molecule has 3 aliphatic rings. The van der Waals surface area contributed by atoms with Gasteiger partial charge < -0.3 is 14.2 Å². The van der Waals surface area contributed by atoms with E-state index in [1.807, 2.05) is 13.0 Å². The van der Waals surface area contributed by atoms with Gasteiger partial charge in [-0.3, -0.25) is 4.79 Å². The Labute approximate surface area is 161 Å². The largest absolute Gasteiger partial charge is 0.459 e. The number of allylic oxidation sites excluding steroid dienone is 3. The van der Waals surface area contributed by atoms with E-state index in [-0.39, 0.29) is 30.1 Å². The van der Waals surface area contributed by atoms with E-state index >= 15 is 0 Å². The fourth-order valence-electron chi connectivity index (χ4n) is 4.16. The summed E-state index contributed by atoms with van der Waals surface area (Å²) in [5.41, 5.74) is 2.46. The Morgan fingerprint density at radius 2 is 2.04 bits per heavy atom. The fourth-order valence-corrected chi connectivity index (χ4v) is 4.16. The van der Waals surface area contributed by atoms with Gasteiger partial charge in [0.25, 0.3) is 0 Å². The van der Waals surface area contributed by atoms with Crippen LogP contribution in [-0.4, -0.2) is 35.9 Å². The van der Waals surface area contributed by atoms with E-state index in [1.165, 1.54) is 18.1 Å². The molecule has 0 radical (unpaired) electrons. The molecule has 5 heteroatoms. The van der Waals surface area contributed by atoms with Gasteiger partial charge in [-0.2, -0.15) is 0 Å². The highest BCUT2D eigenvalue weighted by Gasteiger charge is 2.60. The van der Waals surface area contributed by atoms with E-state index in [0.717, 1.165) is 25.7 Å². The van der Waals surface area contributed by atoms with Crippen molar-refractivity contribution < 1.29 is 23.8 Å². The van der Waals surface area contributed by atoms with E-state index in [9.17, 15) is 9.59 Å². The third-order valence-electron chi connectivity index (χ3n) is 6.02. The van der Waals surface area contributed by atoms with Gasteiger partial charge in [-0.05, 0) is 59.0 Å². The molecule has 2 fully saturated rings. The minimum atomic E-state index is -0.523. The third-order valence-corrected chi connectivity index (χ3v) is 6.02. The molecule has 2 heterocycles. The number of esters is 2. The van der Waals surface area contributed by atoms with Gasteiger partial charge in [-0.25, -0.2) is 4.79 Å². The molecule has 27 heavy (non-hydrogen) atoms. The predicted molar refractivity (Wildman–Crippen MR) is 102 cm³/mol. The second-order valence-electron chi connectivity index (χ2n) is 8.27. The van der Waals surface area contributed by atoms with Crippen LogP contribution in [0.1, 0.15) is 59.8 Å². The molecule has 0 aromatic heterocycles. The molecule has 0 spiro atoms. The van der Waals surface area contributed by atoms with Gasteiger partial charge in [-0.15, -0.1) is 0 Å². The number of carbonyl (C=O) groups is 2. The molecule has 5 unspecified atom stereocenters. The molecule has 2 saturated heterocycles. The van der Waals surface area contributed by atoms with E-state index in [4.69, 9.17) is 14.2 Å². The average Bonchev–Trinajstić information content (AvgIpc) is 3.18. The van der Waals surface area contributed by atoms with Crippen molar-refractivity contribution in [2.45, 2.75) is 83.7 Å². The van der Waals surface area contributed by atoms with Crippen molar-refractivity contribution in [2.24, 2.45) is 5.92 Å². The average molecular weight is 374 g/mol. The zero-order chi connectivity index (χ0) is 19.8. The van der Waals surface area contributed by atoms with Crippen molar-refractivity contribution in [3.63, 3.8) is 0 Å². The molecule has 0 aromatic carbocycles. The van der Waals surface area contributed by atoms with Gasteiger partial charge in [0.1, 0.15) is 17.8 Å². The molecule has 2 aliphatic heterocycles. The Hall–Kier alpha value is -1.88. The van der Waals surface area contributed by atoms with Crippen LogP contribution in [0.3, 0.4) is 0 Å². The first kappa shape index (κ1) is 19.9. The summed E-state index contributed by atoms with van der Waals surface area (Å²) in [7, 11) is 0. The summed E-state index contributed by atoms with van der Waals surface area (Å²) >= 11 is 0. The molecule has 0 N–H and O–H groups in total. The smallest absolute Gasteiger partial charge is 0.334 e. The lowest BCUT2D eigenvalue weighted by molar-refractivity contribution is -0.151. The summed E-state index contributed by atoms with van der Waals surface area (Å²) in [6, 6.07) is 0. The number of fused-ring (bicyclic) bond motifs is 2. The summed E-state index contributed by atoms with van der Waals surface area (Å²) in [6.07, 6.45) is 7.78. The van der Waals surface area contributed by atoms with Crippen LogP contribution in [0.2, 0.25) is 0 Å². The first-order valence-corrected chi connectivity index (χ1v) is 9.78. The molecule has 5 atom stereocenters. The van der Waals surface area contributed by atoms with Crippen molar-refractivity contribution >= 4 is 11.9 Å². The highest BCUT2D eigenvalue weighted by Crippen LogP contribution is 2.47. The minimum absolute atomic E-state index is 0.0511. The maximum atomic E-state index is 12.1. The van der Waals surface area contributed by atoms with Crippen molar-refractivity contribution in [3.8, 4) is 0 Å². The van der Waals surface area contributed by atoms with Crippen molar-refractivity contribution in [3.05, 3.63) is 35.5 Å². The summed E-state index contributed by atoms with van der Waals surface area (Å²) in [5, 5.41) is 0. The van der Waals surface area contributed by atoms with Gasteiger partial charge in [0.05, 0.1) is 6.10 Å². The number of rotatable bonds is 1. The highest BCUT2D eigenvalue weighted by atomic mass is 16.6. The third kappa shape index (κ3) is 4.34. The Bertz CT molecular complexity index is 703. The molecule has 0 aromatic rings. The van der Waals surface area contributed by atoms with Crippen LogP contribution in [0.4, 0.5) is 0 Å². The van der Waals surface area contributed by atoms with Crippen LogP contribution in [0.5, 0.6) is 0 Å². The summed E-state index contributed by atoms with van der Waals surface area (Å²) in [4.78, 5) is 23.8. The van der Waals surface area contributed by atoms with Gasteiger partial charge in [0.15, 0.2) is 0 Å². The lowest BCUT2D eigenvalue weighted by Gasteiger charge is -2.26. The quantitative estimate of drug-likeness (QED) is 0.300. The minimum Gasteiger partial charge on any atom is -0.459 e. The van der Waals surface area contributed by atoms with E-state index in [2.05, 4.69) is 26.5 Å². The SMILES string of the molecule is C=C1C(=O)OC2/C=C(/C)CC/C=C(/C)CCC3OC3(C)C(OC(C)=O)CC12. The normalized spacial score (nSPS) is 41.0. The molecule has 0 bridgehead atoms. The lowest BCUT2D eigenvalue weighted by atomic mass is 9.84. The highest BCUT2D eigenvalue weighted by molar-refractivity contribution is 5.91. The molecule has 1 aliphatic carbocycles. The molecule has 3 rings (SSSR count). The van der Waals surface area contributed by atoms with Crippen LogP contribution >= 0.6 is 0 Å². The monoisotopic (exact) mass is 374 g/mol. The van der Waals surface area contributed by atoms with Crippen molar-refractivity contribution in [1.29, 1.82) is 0 Å². The summed E-state index contributed by atoms with van der Waals surface area (Å²) < 4.78 is 17.2. The van der Waals surface area contributed by atoms with Crippen molar-refractivity contribution in [2.75, 3.05) is 0 Å². The van der Waals surface area contributed by atoms with Crippen LogP contribution in [0.25, 0.3) is 0 Å². The Morgan fingerprint density at radius 1 is 1.30 bits per heavy atom. The first-order chi connectivity index (χ1) is 12.7. The molecule has 0 amide bonds. The maximum absolute atomic E-state index is 12.1. The van der Waals surface area contributed by atoms with Gasteiger partial charge in [0.2, 0.25) is 0 Å². The van der Waals surface area contributed by atoms with Gasteiger partial charge in [-0.1, -0.05) is 23.8 Å². The number of epoxide rings is 1. The van der Waals surface area contributed by atoms with Gasteiger partial charge in [0, 0.05) is 18.4 Å². The van der Waals surface area contributed by atoms with Crippen LogP contribution in [0, 0.1) is 5.92 Å². The van der Waals surface area contributed by atoms with Crippen LogP contribution in [-0.2, 0) is 23.8 Å². The Kier molecular flexibility index (Phi) is 5.61. The predicted octanol–water partition coefficient (Wildman–Crippen LogP) is 4.03. The molecular formula is C22H30O5. The molecule has 148 valence electrons. The standard InChI is InChI=1S/C22H30O5/c1-13-7-6-8-14(2)11-18-17(15(3)21(24)26-18)12-20(25-16(4)23)22(5)19(27-22)10-9-13/h7,11,17-20H,3,6,8-10,12H2,1-2,4-5H3/b13-7-,14-11-. The van der Waals surface area contributed by atoms with E-state index < -0.39 is 11.7 Å². The Balaban J connectivity index is 1.91. The van der Waals surface area contributed by atoms with Crippen molar-refractivity contribution in [1.82, 2.24) is 0 Å².